The third-order valence-corrected chi connectivity index (χ3v) is 5.74. The van der Waals surface area contributed by atoms with Crippen LogP contribution in [0.4, 0.5) is 4.79 Å². The summed E-state index contributed by atoms with van der Waals surface area (Å²) in [6.07, 6.45) is 4.49. The van der Waals surface area contributed by atoms with Gasteiger partial charge in [0.1, 0.15) is 0 Å². The summed E-state index contributed by atoms with van der Waals surface area (Å²) >= 11 is 0. The quantitative estimate of drug-likeness (QED) is 0.865. The highest BCUT2D eigenvalue weighted by Crippen LogP contribution is 2.22. The van der Waals surface area contributed by atoms with Crippen LogP contribution >= 0.6 is 0 Å². The minimum absolute atomic E-state index is 0.0210. The van der Waals surface area contributed by atoms with E-state index >= 15 is 0 Å². The zero-order valence-corrected chi connectivity index (χ0v) is 16.0. The van der Waals surface area contributed by atoms with Crippen molar-refractivity contribution in [3.05, 3.63) is 29.6 Å². The molecular weight excluding hydrogens is 328 g/mol. The summed E-state index contributed by atoms with van der Waals surface area (Å²) in [7, 11) is 0. The Morgan fingerprint density at radius 1 is 1.23 bits per heavy atom. The number of urea groups is 1. The molecule has 2 saturated heterocycles. The number of hydrogen-bond donors (Lipinski definition) is 2. The van der Waals surface area contributed by atoms with Crippen LogP contribution in [0.15, 0.2) is 18.2 Å². The molecule has 1 aromatic heterocycles. The molecule has 0 bridgehead atoms. The first-order valence-electron chi connectivity index (χ1n) is 9.98. The molecule has 2 amide bonds. The molecule has 0 aliphatic carbocycles. The van der Waals surface area contributed by atoms with Gasteiger partial charge >= 0.3 is 6.03 Å². The fraction of sp³-hybridized carbons (Fsp3) is 0.700. The maximum atomic E-state index is 12.7. The summed E-state index contributed by atoms with van der Waals surface area (Å²) in [6.45, 7) is 7.61. The molecule has 3 rings (SSSR count). The van der Waals surface area contributed by atoms with Crippen molar-refractivity contribution in [2.45, 2.75) is 64.1 Å². The van der Waals surface area contributed by atoms with Crippen molar-refractivity contribution in [2.75, 3.05) is 26.2 Å². The number of pyridine rings is 1. The Labute approximate surface area is 156 Å². The molecular formula is C20H32N4O2. The van der Waals surface area contributed by atoms with Crippen molar-refractivity contribution in [1.82, 2.24) is 20.1 Å². The van der Waals surface area contributed by atoms with Crippen LogP contribution in [0.2, 0.25) is 0 Å². The lowest BCUT2D eigenvalue weighted by Crippen LogP contribution is -2.51. The van der Waals surface area contributed by atoms with Crippen LogP contribution in [0.3, 0.4) is 0 Å². The number of nitrogens with zero attached hydrogens (tertiary/aromatic N) is 3. The third-order valence-electron chi connectivity index (χ3n) is 5.74. The number of carbonyl (C=O) groups is 1. The summed E-state index contributed by atoms with van der Waals surface area (Å²) in [5.41, 5.74) is 1.91. The maximum absolute atomic E-state index is 12.7. The van der Waals surface area contributed by atoms with Gasteiger partial charge in [0.05, 0.1) is 17.8 Å². The van der Waals surface area contributed by atoms with Crippen LogP contribution < -0.4 is 5.32 Å². The van der Waals surface area contributed by atoms with Gasteiger partial charge in [-0.15, -0.1) is 0 Å². The molecule has 144 valence electrons. The Bertz CT molecular complexity index is 593. The SMILES string of the molecule is CCC(NC(=O)N1CCC(N2CCC(O)CC2)CC1)c1cccc(C)n1. The smallest absolute Gasteiger partial charge is 0.317 e. The topological polar surface area (TPSA) is 68.7 Å². The first-order chi connectivity index (χ1) is 12.6. The number of carbonyl (C=O) groups excluding carboxylic acids is 1. The first-order valence-corrected chi connectivity index (χ1v) is 9.98. The highest BCUT2D eigenvalue weighted by atomic mass is 16.3. The molecule has 3 heterocycles. The Morgan fingerprint density at radius 2 is 1.92 bits per heavy atom. The van der Waals surface area contributed by atoms with Gasteiger partial charge in [-0.2, -0.15) is 0 Å². The predicted octanol–water partition coefficient (Wildman–Crippen LogP) is 2.47. The standard InChI is InChI=1S/C20H32N4O2/c1-3-18(19-6-4-5-15(2)21-19)22-20(26)24-11-7-16(8-12-24)23-13-9-17(25)10-14-23/h4-6,16-18,25H,3,7-14H2,1-2H3,(H,22,26). The fourth-order valence-electron chi connectivity index (χ4n) is 4.07. The van der Waals surface area contributed by atoms with E-state index in [0.29, 0.717) is 6.04 Å². The number of aliphatic hydroxyl groups excluding tert-OH is 1. The van der Waals surface area contributed by atoms with Gasteiger partial charge in [0, 0.05) is 37.9 Å². The second-order valence-electron chi connectivity index (χ2n) is 7.60. The lowest BCUT2D eigenvalue weighted by atomic mass is 9.99. The van der Waals surface area contributed by atoms with Gasteiger partial charge < -0.3 is 20.2 Å². The first kappa shape index (κ1) is 19.1. The second kappa shape index (κ2) is 8.82. The molecule has 2 aliphatic rings. The van der Waals surface area contributed by atoms with Crippen LogP contribution in [-0.4, -0.2) is 64.2 Å². The van der Waals surface area contributed by atoms with E-state index in [9.17, 15) is 9.90 Å². The minimum atomic E-state index is -0.127. The molecule has 2 N–H and O–H groups in total. The summed E-state index contributed by atoms with van der Waals surface area (Å²) in [5, 5.41) is 12.8. The van der Waals surface area contributed by atoms with Crippen molar-refractivity contribution in [3.8, 4) is 0 Å². The molecule has 0 radical (unpaired) electrons. The number of piperidine rings is 2. The highest BCUT2D eigenvalue weighted by Gasteiger charge is 2.29. The van der Waals surface area contributed by atoms with Gasteiger partial charge in [-0.25, -0.2) is 4.79 Å². The Morgan fingerprint density at radius 3 is 2.54 bits per heavy atom. The number of aromatic nitrogens is 1. The van der Waals surface area contributed by atoms with Crippen LogP contribution in [-0.2, 0) is 0 Å². The van der Waals surface area contributed by atoms with E-state index in [0.717, 1.165) is 69.7 Å². The fourth-order valence-corrected chi connectivity index (χ4v) is 4.07. The summed E-state index contributed by atoms with van der Waals surface area (Å²) < 4.78 is 0. The van der Waals surface area contributed by atoms with Gasteiger partial charge in [0.2, 0.25) is 0 Å². The van der Waals surface area contributed by atoms with E-state index in [-0.39, 0.29) is 18.2 Å². The van der Waals surface area contributed by atoms with E-state index in [1.54, 1.807) is 0 Å². The van der Waals surface area contributed by atoms with Crippen molar-refractivity contribution < 1.29 is 9.90 Å². The van der Waals surface area contributed by atoms with Gasteiger partial charge in [-0.3, -0.25) is 4.98 Å². The number of nitrogens with one attached hydrogen (secondary N) is 1. The van der Waals surface area contributed by atoms with Gasteiger partial charge in [0.15, 0.2) is 0 Å². The zero-order chi connectivity index (χ0) is 18.5. The van der Waals surface area contributed by atoms with Crippen LogP contribution in [0, 0.1) is 6.92 Å². The number of rotatable bonds is 4. The molecule has 2 fully saturated rings. The zero-order valence-electron chi connectivity index (χ0n) is 16.0. The minimum Gasteiger partial charge on any atom is -0.393 e. The van der Waals surface area contributed by atoms with Gasteiger partial charge in [-0.05, 0) is 51.2 Å². The van der Waals surface area contributed by atoms with Gasteiger partial charge in [0.25, 0.3) is 0 Å². The van der Waals surface area contributed by atoms with Crippen LogP contribution in [0.1, 0.15) is 56.5 Å². The molecule has 26 heavy (non-hydrogen) atoms. The highest BCUT2D eigenvalue weighted by molar-refractivity contribution is 5.74. The third kappa shape index (κ3) is 4.74. The largest absolute Gasteiger partial charge is 0.393 e. The Hall–Kier alpha value is -1.66. The van der Waals surface area contributed by atoms with E-state index in [1.807, 2.05) is 30.0 Å². The summed E-state index contributed by atoms with van der Waals surface area (Å²) in [4.78, 5) is 21.7. The molecule has 1 unspecified atom stereocenters. The van der Waals surface area contributed by atoms with E-state index < -0.39 is 0 Å². The lowest BCUT2D eigenvalue weighted by molar-refractivity contribution is 0.0428. The monoisotopic (exact) mass is 360 g/mol. The predicted molar refractivity (Wildman–Crippen MR) is 102 cm³/mol. The number of amides is 2. The molecule has 1 atom stereocenters. The van der Waals surface area contributed by atoms with Crippen molar-refractivity contribution in [1.29, 1.82) is 0 Å². The van der Waals surface area contributed by atoms with Crippen LogP contribution in [0.25, 0.3) is 0 Å². The number of likely N-dealkylation sites (tertiary alicyclic amines) is 2. The van der Waals surface area contributed by atoms with Crippen molar-refractivity contribution in [3.63, 3.8) is 0 Å². The molecule has 0 saturated carbocycles. The number of aryl methyl sites for hydroxylation is 1. The summed E-state index contributed by atoms with van der Waals surface area (Å²) in [6, 6.07) is 6.48. The summed E-state index contributed by atoms with van der Waals surface area (Å²) in [5.74, 6) is 0. The van der Waals surface area contributed by atoms with Crippen molar-refractivity contribution in [2.24, 2.45) is 0 Å². The molecule has 0 aromatic carbocycles. The Balaban J connectivity index is 1.50. The van der Waals surface area contributed by atoms with Gasteiger partial charge in [-0.1, -0.05) is 13.0 Å². The second-order valence-corrected chi connectivity index (χ2v) is 7.60. The molecule has 6 nitrogen and oxygen atoms in total. The molecule has 0 spiro atoms. The Kier molecular flexibility index (Phi) is 6.48. The lowest BCUT2D eigenvalue weighted by Gasteiger charge is -2.41. The van der Waals surface area contributed by atoms with Crippen LogP contribution in [0.5, 0.6) is 0 Å². The average Bonchev–Trinajstić information content (AvgIpc) is 2.66. The normalized spacial score (nSPS) is 21.6. The molecule has 1 aromatic rings. The van der Waals surface area contributed by atoms with E-state index in [1.165, 1.54) is 0 Å². The molecule has 2 aliphatic heterocycles. The van der Waals surface area contributed by atoms with Crippen molar-refractivity contribution >= 4 is 6.03 Å². The number of hydrogen-bond acceptors (Lipinski definition) is 4. The maximum Gasteiger partial charge on any atom is 0.317 e. The van der Waals surface area contributed by atoms with E-state index in [2.05, 4.69) is 22.1 Å². The van der Waals surface area contributed by atoms with E-state index in [4.69, 9.17) is 0 Å². The average molecular weight is 361 g/mol. The molecule has 6 heteroatoms. The number of aliphatic hydroxyl groups is 1.